The summed E-state index contributed by atoms with van der Waals surface area (Å²) in [6.07, 6.45) is 4.09. The SMILES string of the molecule is Cc1cnc(-n2cncc2C(=O)O)o1. The third-order valence-electron chi connectivity index (χ3n) is 1.67. The molecular formula is C8H7N3O3. The second-order valence-electron chi connectivity index (χ2n) is 2.71. The number of carboxylic acids is 1. The molecule has 1 N–H and O–H groups in total. The molecule has 0 saturated heterocycles. The van der Waals surface area contributed by atoms with E-state index >= 15 is 0 Å². The molecule has 2 rings (SSSR count). The first kappa shape index (κ1) is 8.49. The normalized spacial score (nSPS) is 10.4. The van der Waals surface area contributed by atoms with Crippen LogP contribution in [0.5, 0.6) is 0 Å². The second-order valence-corrected chi connectivity index (χ2v) is 2.71. The molecule has 0 fully saturated rings. The quantitative estimate of drug-likeness (QED) is 0.765. The Balaban J connectivity index is 2.51. The Morgan fingerprint density at radius 2 is 2.36 bits per heavy atom. The number of rotatable bonds is 2. The van der Waals surface area contributed by atoms with Gasteiger partial charge in [0.2, 0.25) is 0 Å². The van der Waals surface area contributed by atoms with Crippen LogP contribution in [-0.4, -0.2) is 25.6 Å². The zero-order chi connectivity index (χ0) is 10.1. The van der Waals surface area contributed by atoms with Gasteiger partial charge in [-0.1, -0.05) is 0 Å². The number of oxazole rings is 1. The highest BCUT2D eigenvalue weighted by Crippen LogP contribution is 2.10. The molecule has 0 saturated carbocycles. The van der Waals surface area contributed by atoms with E-state index in [1.54, 1.807) is 6.92 Å². The van der Waals surface area contributed by atoms with E-state index in [-0.39, 0.29) is 11.7 Å². The van der Waals surface area contributed by atoms with Crippen molar-refractivity contribution in [3.8, 4) is 6.01 Å². The number of aromatic carboxylic acids is 1. The number of aromatic nitrogens is 3. The van der Waals surface area contributed by atoms with E-state index in [2.05, 4.69) is 9.97 Å². The van der Waals surface area contributed by atoms with E-state index in [1.165, 1.54) is 23.3 Å². The average Bonchev–Trinajstić information content (AvgIpc) is 2.70. The van der Waals surface area contributed by atoms with Crippen molar-refractivity contribution in [3.63, 3.8) is 0 Å². The lowest BCUT2D eigenvalue weighted by Crippen LogP contribution is -2.05. The molecule has 0 atom stereocenters. The van der Waals surface area contributed by atoms with Gasteiger partial charge in [0.15, 0.2) is 5.69 Å². The molecule has 0 aromatic carbocycles. The molecule has 0 amide bonds. The fourth-order valence-electron chi connectivity index (χ4n) is 1.06. The van der Waals surface area contributed by atoms with Crippen LogP contribution >= 0.6 is 0 Å². The van der Waals surface area contributed by atoms with E-state index in [1.807, 2.05) is 0 Å². The lowest BCUT2D eigenvalue weighted by atomic mass is 10.5. The summed E-state index contributed by atoms with van der Waals surface area (Å²) in [6.45, 7) is 1.73. The van der Waals surface area contributed by atoms with Crippen molar-refractivity contribution in [1.29, 1.82) is 0 Å². The fourth-order valence-corrected chi connectivity index (χ4v) is 1.06. The highest BCUT2D eigenvalue weighted by Gasteiger charge is 2.14. The van der Waals surface area contributed by atoms with Crippen LogP contribution in [0.2, 0.25) is 0 Å². The lowest BCUT2D eigenvalue weighted by Gasteiger charge is -1.97. The monoisotopic (exact) mass is 193 g/mol. The van der Waals surface area contributed by atoms with Gasteiger partial charge in [0, 0.05) is 0 Å². The zero-order valence-electron chi connectivity index (χ0n) is 7.34. The molecule has 0 bridgehead atoms. The van der Waals surface area contributed by atoms with Gasteiger partial charge in [-0.3, -0.25) is 0 Å². The molecule has 0 radical (unpaired) electrons. The molecule has 0 aliphatic heterocycles. The van der Waals surface area contributed by atoms with Crippen LogP contribution in [0.25, 0.3) is 6.01 Å². The van der Waals surface area contributed by atoms with Gasteiger partial charge in [0.1, 0.15) is 12.1 Å². The van der Waals surface area contributed by atoms with Crippen molar-refractivity contribution in [2.45, 2.75) is 6.92 Å². The summed E-state index contributed by atoms with van der Waals surface area (Å²) < 4.78 is 6.44. The number of nitrogens with zero attached hydrogens (tertiary/aromatic N) is 3. The van der Waals surface area contributed by atoms with E-state index < -0.39 is 5.97 Å². The van der Waals surface area contributed by atoms with Crippen LogP contribution < -0.4 is 0 Å². The van der Waals surface area contributed by atoms with E-state index in [0.717, 1.165) is 0 Å². The first-order valence-corrected chi connectivity index (χ1v) is 3.87. The van der Waals surface area contributed by atoms with Crippen molar-refractivity contribution in [3.05, 3.63) is 30.2 Å². The smallest absolute Gasteiger partial charge is 0.354 e. The summed E-state index contributed by atoms with van der Waals surface area (Å²) >= 11 is 0. The molecule has 2 aromatic heterocycles. The van der Waals surface area contributed by atoms with Gasteiger partial charge in [-0.2, -0.15) is 0 Å². The average molecular weight is 193 g/mol. The Labute approximate surface area is 78.8 Å². The minimum Gasteiger partial charge on any atom is -0.477 e. The first-order valence-electron chi connectivity index (χ1n) is 3.87. The highest BCUT2D eigenvalue weighted by atomic mass is 16.4. The molecule has 0 spiro atoms. The number of hydrogen-bond donors (Lipinski definition) is 1. The van der Waals surface area contributed by atoms with Crippen molar-refractivity contribution < 1.29 is 14.3 Å². The zero-order valence-corrected chi connectivity index (χ0v) is 7.34. The van der Waals surface area contributed by atoms with Crippen molar-refractivity contribution >= 4 is 5.97 Å². The second kappa shape index (κ2) is 2.99. The molecule has 6 nitrogen and oxygen atoms in total. The van der Waals surface area contributed by atoms with Gasteiger partial charge >= 0.3 is 12.0 Å². The van der Waals surface area contributed by atoms with E-state index in [9.17, 15) is 4.79 Å². The Bertz CT molecular complexity index is 472. The molecule has 0 aliphatic carbocycles. The van der Waals surface area contributed by atoms with Crippen LogP contribution in [0, 0.1) is 6.92 Å². The lowest BCUT2D eigenvalue weighted by molar-refractivity contribution is 0.0687. The van der Waals surface area contributed by atoms with Crippen LogP contribution in [0.3, 0.4) is 0 Å². The first-order chi connectivity index (χ1) is 6.68. The summed E-state index contributed by atoms with van der Waals surface area (Å²) in [7, 11) is 0. The van der Waals surface area contributed by atoms with Crippen LogP contribution in [0.4, 0.5) is 0 Å². The number of carboxylic acid groups (broad SMARTS) is 1. The molecule has 0 unspecified atom stereocenters. The Morgan fingerprint density at radius 3 is 2.93 bits per heavy atom. The number of aryl methyl sites for hydroxylation is 1. The fraction of sp³-hybridized carbons (Fsp3) is 0.125. The minimum atomic E-state index is -1.07. The summed E-state index contributed by atoms with van der Waals surface area (Å²) in [6, 6.07) is 0.206. The maximum Gasteiger partial charge on any atom is 0.354 e. The Morgan fingerprint density at radius 1 is 1.57 bits per heavy atom. The molecular weight excluding hydrogens is 186 g/mol. The van der Waals surface area contributed by atoms with Crippen LogP contribution in [0.15, 0.2) is 23.1 Å². The van der Waals surface area contributed by atoms with Crippen molar-refractivity contribution in [1.82, 2.24) is 14.5 Å². The minimum absolute atomic E-state index is 0.0202. The van der Waals surface area contributed by atoms with Gasteiger partial charge in [-0.05, 0) is 6.92 Å². The maximum atomic E-state index is 10.7. The molecule has 2 aromatic rings. The third-order valence-corrected chi connectivity index (χ3v) is 1.67. The van der Waals surface area contributed by atoms with Crippen molar-refractivity contribution in [2.75, 3.05) is 0 Å². The largest absolute Gasteiger partial charge is 0.477 e. The van der Waals surface area contributed by atoms with Crippen molar-refractivity contribution in [2.24, 2.45) is 0 Å². The number of carbonyl (C=O) groups is 1. The van der Waals surface area contributed by atoms with Gasteiger partial charge in [0.25, 0.3) is 0 Å². The standard InChI is InChI=1S/C8H7N3O3/c1-5-2-10-8(14-5)11-4-9-3-6(11)7(12)13/h2-4H,1H3,(H,12,13). The van der Waals surface area contributed by atoms with Gasteiger partial charge in [-0.15, -0.1) is 0 Å². The molecule has 6 heteroatoms. The predicted octanol–water partition coefficient (Wildman–Crippen LogP) is 0.867. The Hall–Kier alpha value is -2.11. The summed E-state index contributed by atoms with van der Waals surface area (Å²) in [5.74, 6) is -0.455. The maximum absolute atomic E-state index is 10.7. The molecule has 14 heavy (non-hydrogen) atoms. The predicted molar refractivity (Wildman–Crippen MR) is 45.3 cm³/mol. The molecule has 0 aliphatic rings. The van der Waals surface area contributed by atoms with Gasteiger partial charge in [-0.25, -0.2) is 19.3 Å². The van der Waals surface area contributed by atoms with Gasteiger partial charge < -0.3 is 9.52 Å². The summed E-state index contributed by atoms with van der Waals surface area (Å²) in [5, 5.41) is 8.79. The molecule has 2 heterocycles. The Kier molecular flexibility index (Phi) is 1.81. The highest BCUT2D eigenvalue weighted by molar-refractivity contribution is 5.85. The summed E-state index contributed by atoms with van der Waals surface area (Å²) in [4.78, 5) is 18.3. The number of hydrogen-bond acceptors (Lipinski definition) is 4. The van der Waals surface area contributed by atoms with Crippen LogP contribution in [0.1, 0.15) is 16.2 Å². The van der Waals surface area contributed by atoms with E-state index in [0.29, 0.717) is 5.76 Å². The van der Waals surface area contributed by atoms with Crippen LogP contribution in [-0.2, 0) is 0 Å². The van der Waals surface area contributed by atoms with E-state index in [4.69, 9.17) is 9.52 Å². The molecule has 72 valence electrons. The van der Waals surface area contributed by atoms with Gasteiger partial charge in [0.05, 0.1) is 12.4 Å². The third kappa shape index (κ3) is 1.26. The summed E-state index contributed by atoms with van der Waals surface area (Å²) in [5.41, 5.74) is 0.0202. The number of imidazole rings is 1. The topological polar surface area (TPSA) is 81.2 Å².